The Balaban J connectivity index is 1.76. The molecule has 0 amide bonds. The lowest BCUT2D eigenvalue weighted by molar-refractivity contribution is 0.116. The highest BCUT2D eigenvalue weighted by Crippen LogP contribution is 2.54. The van der Waals surface area contributed by atoms with E-state index in [1.165, 1.54) is 22.3 Å². The van der Waals surface area contributed by atoms with Crippen LogP contribution < -0.4 is 0 Å². The number of phosphoric ester groups is 1. The smallest absolute Gasteiger partial charge is 0.287 e. The topological polar surface area (TPSA) is 44.8 Å². The Hall–Kier alpha value is -1.71. The van der Waals surface area contributed by atoms with Gasteiger partial charge in [-0.3, -0.25) is 13.6 Å². The predicted octanol–water partition coefficient (Wildman–Crippen LogP) is 8.15. The third kappa shape index (κ3) is 5.35. The highest BCUT2D eigenvalue weighted by molar-refractivity contribution is 7.48. The molecule has 1 atom stereocenters. The van der Waals surface area contributed by atoms with Crippen molar-refractivity contribution in [1.29, 1.82) is 0 Å². The van der Waals surface area contributed by atoms with E-state index in [9.17, 15) is 4.57 Å². The molecule has 0 saturated heterocycles. The SMILES string of the molecule is CCOP(=O)(OCC)OCc1ccc(/C=C(\C)c2ccc3c(c2)C(C)(C)C(C)C3(C)C)cc1. The molecule has 0 saturated carbocycles. The maximum atomic E-state index is 12.5. The molecule has 2 aromatic rings. The molecule has 0 bridgehead atoms. The van der Waals surface area contributed by atoms with Crippen LogP contribution in [0, 0.1) is 5.92 Å². The number of fused-ring (bicyclic) bond motifs is 1. The second kappa shape index (κ2) is 9.88. The van der Waals surface area contributed by atoms with Crippen LogP contribution >= 0.6 is 7.82 Å². The Morgan fingerprint density at radius 1 is 0.909 bits per heavy atom. The monoisotopic (exact) mass is 470 g/mol. The largest absolute Gasteiger partial charge is 0.475 e. The van der Waals surface area contributed by atoms with Crippen LogP contribution in [0.5, 0.6) is 0 Å². The number of benzene rings is 2. The van der Waals surface area contributed by atoms with Crippen LogP contribution in [0.1, 0.15) is 83.2 Å². The summed E-state index contributed by atoms with van der Waals surface area (Å²) in [4.78, 5) is 0. The molecule has 0 heterocycles. The first-order valence-corrected chi connectivity index (χ1v) is 13.4. The maximum Gasteiger partial charge on any atom is 0.475 e. The van der Waals surface area contributed by atoms with Crippen LogP contribution in [0.2, 0.25) is 0 Å². The van der Waals surface area contributed by atoms with Gasteiger partial charge in [-0.25, -0.2) is 4.57 Å². The summed E-state index contributed by atoms with van der Waals surface area (Å²) in [5.41, 5.74) is 7.78. The van der Waals surface area contributed by atoms with Gasteiger partial charge in [0.25, 0.3) is 0 Å². The van der Waals surface area contributed by atoms with Gasteiger partial charge in [0, 0.05) is 0 Å². The maximum absolute atomic E-state index is 12.5. The van der Waals surface area contributed by atoms with E-state index in [1.807, 2.05) is 12.1 Å². The third-order valence-electron chi connectivity index (χ3n) is 7.35. The van der Waals surface area contributed by atoms with Crippen molar-refractivity contribution in [3.63, 3.8) is 0 Å². The van der Waals surface area contributed by atoms with Gasteiger partial charge in [0.05, 0.1) is 19.8 Å². The van der Waals surface area contributed by atoms with E-state index in [1.54, 1.807) is 13.8 Å². The Labute approximate surface area is 200 Å². The second-order valence-corrected chi connectivity index (χ2v) is 11.7. The van der Waals surface area contributed by atoms with E-state index in [2.05, 4.69) is 78.0 Å². The molecule has 0 aromatic heterocycles. The van der Waals surface area contributed by atoms with E-state index in [0.29, 0.717) is 5.92 Å². The van der Waals surface area contributed by atoms with Gasteiger partial charge in [0.15, 0.2) is 0 Å². The first-order valence-electron chi connectivity index (χ1n) is 11.9. The zero-order chi connectivity index (χ0) is 24.4. The molecule has 33 heavy (non-hydrogen) atoms. The Kier molecular flexibility index (Phi) is 7.75. The molecular weight excluding hydrogens is 431 g/mol. The van der Waals surface area contributed by atoms with Crippen LogP contribution in [-0.4, -0.2) is 13.2 Å². The van der Waals surface area contributed by atoms with Crippen LogP contribution in [-0.2, 0) is 35.6 Å². The highest BCUT2D eigenvalue weighted by Gasteiger charge is 2.48. The molecular formula is C28H39O4P. The van der Waals surface area contributed by atoms with Gasteiger partial charge < -0.3 is 0 Å². The summed E-state index contributed by atoms with van der Waals surface area (Å²) in [5, 5.41) is 0. The van der Waals surface area contributed by atoms with Gasteiger partial charge in [-0.2, -0.15) is 0 Å². The molecule has 0 radical (unpaired) electrons. The summed E-state index contributed by atoms with van der Waals surface area (Å²) in [7, 11) is -3.50. The van der Waals surface area contributed by atoms with Crippen LogP contribution in [0.4, 0.5) is 0 Å². The second-order valence-electron chi connectivity index (χ2n) is 10.1. The van der Waals surface area contributed by atoms with Crippen molar-refractivity contribution in [2.75, 3.05) is 13.2 Å². The number of hydrogen-bond acceptors (Lipinski definition) is 4. The first-order chi connectivity index (χ1) is 15.4. The van der Waals surface area contributed by atoms with Gasteiger partial charge >= 0.3 is 7.82 Å². The average Bonchev–Trinajstić information content (AvgIpc) is 2.90. The minimum absolute atomic E-state index is 0.152. The summed E-state index contributed by atoms with van der Waals surface area (Å²) >= 11 is 0. The van der Waals surface area contributed by atoms with Gasteiger partial charge in [-0.1, -0.05) is 83.2 Å². The lowest BCUT2D eigenvalue weighted by Crippen LogP contribution is -2.30. The number of phosphoric acid groups is 1. The zero-order valence-corrected chi connectivity index (χ0v) is 22.3. The molecule has 0 N–H and O–H groups in total. The highest BCUT2D eigenvalue weighted by atomic mass is 31.2. The molecule has 0 spiro atoms. The Morgan fingerprint density at radius 3 is 2.06 bits per heavy atom. The molecule has 4 nitrogen and oxygen atoms in total. The summed E-state index contributed by atoms with van der Waals surface area (Å²) in [6.07, 6.45) is 2.20. The molecule has 1 aliphatic carbocycles. The summed E-state index contributed by atoms with van der Waals surface area (Å²) < 4.78 is 28.3. The van der Waals surface area contributed by atoms with Crippen LogP contribution in [0.15, 0.2) is 42.5 Å². The predicted molar refractivity (Wildman–Crippen MR) is 137 cm³/mol. The quantitative estimate of drug-likeness (QED) is 0.274. The van der Waals surface area contributed by atoms with E-state index >= 15 is 0 Å². The van der Waals surface area contributed by atoms with Crippen molar-refractivity contribution in [3.05, 3.63) is 70.3 Å². The third-order valence-corrected chi connectivity index (χ3v) is 8.95. The van der Waals surface area contributed by atoms with Gasteiger partial charge in [0.2, 0.25) is 0 Å². The van der Waals surface area contributed by atoms with Crippen molar-refractivity contribution in [1.82, 2.24) is 0 Å². The van der Waals surface area contributed by atoms with Gasteiger partial charge in [0.1, 0.15) is 0 Å². The summed E-state index contributed by atoms with van der Waals surface area (Å²) in [6.45, 7) is 18.2. The molecule has 180 valence electrons. The minimum Gasteiger partial charge on any atom is -0.287 e. The van der Waals surface area contributed by atoms with E-state index in [4.69, 9.17) is 13.6 Å². The van der Waals surface area contributed by atoms with Gasteiger partial charge in [-0.15, -0.1) is 0 Å². The molecule has 1 aliphatic rings. The van der Waals surface area contributed by atoms with E-state index < -0.39 is 7.82 Å². The Morgan fingerprint density at radius 2 is 1.48 bits per heavy atom. The molecule has 0 aliphatic heterocycles. The van der Waals surface area contributed by atoms with Crippen molar-refractivity contribution < 1.29 is 18.1 Å². The fourth-order valence-electron chi connectivity index (χ4n) is 4.88. The number of hydrogen-bond donors (Lipinski definition) is 0. The standard InChI is InChI=1S/C28H39O4P/c1-9-30-33(29,31-10-2)32-19-23-13-11-22(12-14-23)17-20(3)24-15-16-25-26(18-24)28(7,8)21(4)27(25,5)6/h11-18,21H,9-10,19H2,1-8H3/b20-17+. The zero-order valence-electron chi connectivity index (χ0n) is 21.4. The van der Waals surface area contributed by atoms with Crippen molar-refractivity contribution in [3.8, 4) is 0 Å². The molecule has 1 unspecified atom stereocenters. The van der Waals surface area contributed by atoms with Gasteiger partial charge in [-0.05, 0) is 70.9 Å². The summed E-state index contributed by atoms with van der Waals surface area (Å²) in [5.74, 6) is 0.579. The fourth-order valence-corrected chi connectivity index (χ4v) is 6.04. The number of allylic oxidation sites excluding steroid dienone is 1. The molecule has 5 heteroatoms. The number of rotatable bonds is 9. The molecule has 3 rings (SSSR count). The molecule has 0 fully saturated rings. The van der Waals surface area contributed by atoms with Crippen molar-refractivity contribution in [2.45, 2.75) is 72.8 Å². The fraction of sp³-hybridized carbons (Fsp3) is 0.500. The van der Waals surface area contributed by atoms with Crippen LogP contribution in [0.3, 0.4) is 0 Å². The van der Waals surface area contributed by atoms with Crippen molar-refractivity contribution in [2.24, 2.45) is 5.92 Å². The molecule has 2 aromatic carbocycles. The average molecular weight is 471 g/mol. The van der Waals surface area contributed by atoms with Crippen LogP contribution in [0.25, 0.3) is 11.6 Å². The Bertz CT molecular complexity index is 1040. The normalized spacial score (nSPS) is 19.5. The minimum atomic E-state index is -3.50. The lowest BCUT2D eigenvalue weighted by Gasteiger charge is -2.32. The van der Waals surface area contributed by atoms with E-state index in [0.717, 1.165) is 11.1 Å². The van der Waals surface area contributed by atoms with E-state index in [-0.39, 0.29) is 30.7 Å². The first kappa shape index (κ1) is 25.9. The van der Waals surface area contributed by atoms with Crippen molar-refractivity contribution >= 4 is 19.5 Å². The lowest BCUT2D eigenvalue weighted by atomic mass is 9.71. The summed E-state index contributed by atoms with van der Waals surface area (Å²) in [6, 6.07) is 15.0.